The first kappa shape index (κ1) is 19.6. The van der Waals surface area contributed by atoms with Gasteiger partial charge in [0.2, 0.25) is 0 Å². The Labute approximate surface area is 172 Å². The molecule has 0 saturated carbocycles. The Hall–Kier alpha value is -2.76. The minimum atomic E-state index is 0.0988. The Morgan fingerprint density at radius 3 is 2.83 bits per heavy atom. The molecule has 0 unspecified atom stereocenters. The van der Waals surface area contributed by atoms with Gasteiger partial charge in [0.1, 0.15) is 18.2 Å². The second-order valence-electron chi connectivity index (χ2n) is 7.86. The van der Waals surface area contributed by atoms with Crippen molar-refractivity contribution in [1.82, 2.24) is 10.2 Å². The summed E-state index contributed by atoms with van der Waals surface area (Å²) < 4.78 is 5.77. The summed E-state index contributed by atoms with van der Waals surface area (Å²) >= 11 is 0. The highest BCUT2D eigenvalue weighted by Crippen LogP contribution is 2.34. The number of piperidine rings is 1. The second-order valence-corrected chi connectivity index (χ2v) is 7.86. The Kier molecular flexibility index (Phi) is 5.60. The smallest absolute Gasteiger partial charge is 0.253 e. The van der Waals surface area contributed by atoms with Crippen LogP contribution in [0.2, 0.25) is 0 Å². The quantitative estimate of drug-likeness (QED) is 0.855. The van der Waals surface area contributed by atoms with Crippen molar-refractivity contribution in [3.05, 3.63) is 47.2 Å². The number of allylic oxidation sites excluding steroid dienone is 1. The normalized spacial score (nSPS) is 22.4. The summed E-state index contributed by atoms with van der Waals surface area (Å²) in [4.78, 5) is 21.6. The van der Waals surface area contributed by atoms with Gasteiger partial charge in [0.05, 0.1) is 12.2 Å². The van der Waals surface area contributed by atoms with Gasteiger partial charge in [-0.15, -0.1) is 0 Å². The van der Waals surface area contributed by atoms with E-state index in [-0.39, 0.29) is 5.91 Å². The first-order valence-electron chi connectivity index (χ1n) is 10.5. The van der Waals surface area contributed by atoms with Gasteiger partial charge in [-0.3, -0.25) is 9.79 Å². The second kappa shape index (κ2) is 8.31. The van der Waals surface area contributed by atoms with Gasteiger partial charge in [0, 0.05) is 44.5 Å². The molecule has 4 rings (SSSR count). The molecule has 3 aliphatic rings. The number of hydrogen-bond donors (Lipinski definition) is 1. The maximum atomic E-state index is 13.1. The largest absolute Gasteiger partial charge is 0.490 e. The fraction of sp³-hybridized carbons (Fsp3) is 0.478. The molecule has 154 valence electrons. The molecule has 0 atom stereocenters. The first-order valence-corrected chi connectivity index (χ1v) is 10.5. The molecule has 0 aromatic heterocycles. The predicted octanol–water partition coefficient (Wildman–Crippen LogP) is 3.22. The topological polar surface area (TPSA) is 57.2 Å². The van der Waals surface area contributed by atoms with Gasteiger partial charge in [-0.1, -0.05) is 13.0 Å². The average molecular weight is 395 g/mol. The van der Waals surface area contributed by atoms with Gasteiger partial charge < -0.3 is 19.9 Å². The summed E-state index contributed by atoms with van der Waals surface area (Å²) in [5, 5.41) is 3.30. The molecule has 1 amide bonds. The fourth-order valence-corrected chi connectivity index (χ4v) is 4.45. The lowest BCUT2D eigenvalue weighted by Crippen LogP contribution is -2.39. The summed E-state index contributed by atoms with van der Waals surface area (Å²) in [5.41, 5.74) is 4.34. The number of ether oxygens (including phenoxy) is 1. The van der Waals surface area contributed by atoms with Crippen LogP contribution >= 0.6 is 0 Å². The number of anilines is 1. The number of likely N-dealkylation sites (tertiary alicyclic amines) is 1. The van der Waals surface area contributed by atoms with E-state index in [1.54, 1.807) is 0 Å². The van der Waals surface area contributed by atoms with Gasteiger partial charge >= 0.3 is 0 Å². The highest BCUT2D eigenvalue weighted by Gasteiger charge is 2.30. The Balaban J connectivity index is 1.42. The van der Waals surface area contributed by atoms with Crippen LogP contribution in [-0.2, 0) is 0 Å². The van der Waals surface area contributed by atoms with Gasteiger partial charge in [-0.25, -0.2) is 0 Å². The van der Waals surface area contributed by atoms with E-state index in [9.17, 15) is 4.79 Å². The van der Waals surface area contributed by atoms with Crippen LogP contribution in [0, 0.1) is 5.92 Å². The van der Waals surface area contributed by atoms with Crippen molar-refractivity contribution >= 4 is 17.4 Å². The van der Waals surface area contributed by atoms with Crippen molar-refractivity contribution in [3.8, 4) is 5.75 Å². The van der Waals surface area contributed by atoms with Crippen molar-refractivity contribution in [2.45, 2.75) is 26.2 Å². The maximum absolute atomic E-state index is 13.1. The van der Waals surface area contributed by atoms with E-state index in [2.05, 4.69) is 41.5 Å². The van der Waals surface area contributed by atoms with Crippen molar-refractivity contribution in [3.63, 3.8) is 0 Å². The average Bonchev–Trinajstić information content (AvgIpc) is 3.16. The number of amides is 1. The van der Waals surface area contributed by atoms with E-state index >= 15 is 0 Å². The lowest BCUT2D eigenvalue weighted by molar-refractivity contribution is 0.0702. The number of fused-ring (bicyclic) bond motifs is 1. The Morgan fingerprint density at radius 1 is 1.31 bits per heavy atom. The molecule has 6 nitrogen and oxygen atoms in total. The third kappa shape index (κ3) is 3.76. The number of nitrogens with one attached hydrogen (secondary N) is 1. The highest BCUT2D eigenvalue weighted by molar-refractivity contribution is 6.05. The van der Waals surface area contributed by atoms with Crippen molar-refractivity contribution < 1.29 is 9.53 Å². The third-order valence-corrected chi connectivity index (χ3v) is 6.09. The molecule has 0 bridgehead atoms. The number of amidine groups is 1. The summed E-state index contributed by atoms with van der Waals surface area (Å²) in [7, 11) is 3.88. The molecule has 1 aromatic rings. The zero-order chi connectivity index (χ0) is 20.4. The molecule has 1 aromatic carbocycles. The van der Waals surface area contributed by atoms with Crippen LogP contribution in [0.4, 0.5) is 5.69 Å². The fourth-order valence-electron chi connectivity index (χ4n) is 4.45. The standard InChI is InChI=1S/C23H30N4O2/c1-4-5-18-19(15-25-22(18)24-2)16-8-10-27(11-9-16)23(28)17-6-7-20-21(14-17)29-13-12-26(20)3/h5-7,14-16H,4,8-13H2,1-3H3,(H,24,25)/b18-5-. The van der Waals surface area contributed by atoms with E-state index < -0.39 is 0 Å². The summed E-state index contributed by atoms with van der Waals surface area (Å²) in [6.07, 6.45) is 7.28. The predicted molar refractivity (Wildman–Crippen MR) is 117 cm³/mol. The monoisotopic (exact) mass is 394 g/mol. The third-order valence-electron chi connectivity index (χ3n) is 6.09. The number of likely N-dealkylation sites (N-methyl/N-ethyl adjacent to an activating group) is 1. The summed E-state index contributed by atoms with van der Waals surface area (Å²) in [6, 6.07) is 5.82. The van der Waals surface area contributed by atoms with E-state index in [1.165, 1.54) is 11.1 Å². The molecular formula is C23H30N4O2. The molecule has 3 aliphatic heterocycles. The molecule has 29 heavy (non-hydrogen) atoms. The zero-order valence-electron chi connectivity index (χ0n) is 17.6. The number of benzene rings is 1. The lowest BCUT2D eigenvalue weighted by atomic mass is 9.85. The van der Waals surface area contributed by atoms with Crippen LogP contribution in [-0.4, -0.2) is 57.0 Å². The first-order chi connectivity index (χ1) is 14.1. The molecule has 0 spiro atoms. The molecule has 1 N–H and O–H groups in total. The van der Waals surface area contributed by atoms with E-state index in [0.717, 1.165) is 56.2 Å². The highest BCUT2D eigenvalue weighted by atomic mass is 16.5. The molecule has 3 heterocycles. The lowest BCUT2D eigenvalue weighted by Gasteiger charge is -2.33. The molecular weight excluding hydrogens is 364 g/mol. The van der Waals surface area contributed by atoms with Crippen LogP contribution < -0.4 is 15.0 Å². The van der Waals surface area contributed by atoms with Crippen LogP contribution in [0.25, 0.3) is 0 Å². The van der Waals surface area contributed by atoms with Gasteiger partial charge in [-0.2, -0.15) is 0 Å². The van der Waals surface area contributed by atoms with E-state index in [1.807, 2.05) is 30.1 Å². The maximum Gasteiger partial charge on any atom is 0.253 e. The molecule has 1 saturated heterocycles. The van der Waals surface area contributed by atoms with E-state index in [4.69, 9.17) is 4.74 Å². The van der Waals surface area contributed by atoms with Gasteiger partial charge in [-0.05, 0) is 49.0 Å². The molecule has 0 aliphatic carbocycles. The van der Waals surface area contributed by atoms with E-state index in [0.29, 0.717) is 18.1 Å². The van der Waals surface area contributed by atoms with Crippen molar-refractivity contribution in [2.24, 2.45) is 10.9 Å². The van der Waals surface area contributed by atoms with Crippen LogP contribution in [0.15, 0.2) is 46.6 Å². The number of aliphatic imine (C=N–C) groups is 1. The molecule has 1 fully saturated rings. The number of carbonyl (C=O) groups excluding carboxylic acids is 1. The molecule has 6 heteroatoms. The van der Waals surface area contributed by atoms with Gasteiger partial charge in [0.25, 0.3) is 5.91 Å². The van der Waals surface area contributed by atoms with Crippen LogP contribution in [0.1, 0.15) is 36.5 Å². The summed E-state index contributed by atoms with van der Waals surface area (Å²) in [5.74, 6) is 2.33. The SMILES string of the molecule is CC/C=C1/C(C2CCN(C(=O)c3ccc4c(c3)OCCN4C)CC2)=CNC1=NC. The Morgan fingerprint density at radius 2 is 2.10 bits per heavy atom. The number of hydrogen-bond acceptors (Lipinski definition) is 4. The van der Waals surface area contributed by atoms with Crippen molar-refractivity contribution in [1.29, 1.82) is 0 Å². The number of nitrogens with zero attached hydrogens (tertiary/aromatic N) is 3. The van der Waals surface area contributed by atoms with Crippen LogP contribution in [0.3, 0.4) is 0 Å². The zero-order valence-corrected chi connectivity index (χ0v) is 17.6. The van der Waals surface area contributed by atoms with Crippen LogP contribution in [0.5, 0.6) is 5.75 Å². The number of rotatable bonds is 3. The molecule has 0 radical (unpaired) electrons. The van der Waals surface area contributed by atoms with Crippen molar-refractivity contribution in [2.75, 3.05) is 45.2 Å². The minimum Gasteiger partial charge on any atom is -0.490 e. The summed E-state index contributed by atoms with van der Waals surface area (Å²) in [6.45, 7) is 5.23. The van der Waals surface area contributed by atoms with Gasteiger partial charge in [0.15, 0.2) is 0 Å². The Bertz CT molecular complexity index is 879. The number of carbonyl (C=O) groups is 1. The minimum absolute atomic E-state index is 0.0988.